The van der Waals surface area contributed by atoms with Gasteiger partial charge in [0.05, 0.1) is 18.3 Å². The Kier molecular flexibility index (Phi) is 7.94. The highest BCUT2D eigenvalue weighted by Crippen LogP contribution is 2.29. The molecule has 0 aromatic rings. The van der Waals surface area contributed by atoms with Gasteiger partial charge in [-0.3, -0.25) is 0 Å². The molecule has 1 fully saturated rings. The first kappa shape index (κ1) is 20.8. The minimum absolute atomic E-state index is 0.00291. The van der Waals surface area contributed by atoms with Crippen LogP contribution >= 0.6 is 0 Å². The van der Waals surface area contributed by atoms with Crippen molar-refractivity contribution in [3.8, 4) is 0 Å². The molecule has 23 heavy (non-hydrogen) atoms. The van der Waals surface area contributed by atoms with E-state index in [-0.39, 0.29) is 23.9 Å². The SMILES string of the molecule is CCC(OC(C)(C)C)C(OCCCN(C)C)C1COC(C)(C)O1. The molecule has 5 heteroatoms. The minimum atomic E-state index is -0.546. The number of hydrogen-bond acceptors (Lipinski definition) is 5. The quantitative estimate of drug-likeness (QED) is 0.607. The average Bonchev–Trinajstić information content (AvgIpc) is 2.75. The molecule has 1 aliphatic rings. The molecular weight excluding hydrogens is 294 g/mol. The van der Waals surface area contributed by atoms with Crippen molar-refractivity contribution in [3.63, 3.8) is 0 Å². The second-order valence-electron chi connectivity index (χ2n) is 8.04. The third kappa shape index (κ3) is 7.94. The summed E-state index contributed by atoms with van der Waals surface area (Å²) < 4.78 is 24.2. The van der Waals surface area contributed by atoms with Gasteiger partial charge < -0.3 is 23.8 Å². The topological polar surface area (TPSA) is 40.2 Å². The molecule has 0 aromatic heterocycles. The van der Waals surface area contributed by atoms with Crippen molar-refractivity contribution < 1.29 is 18.9 Å². The van der Waals surface area contributed by atoms with E-state index in [0.29, 0.717) is 13.2 Å². The fourth-order valence-corrected chi connectivity index (χ4v) is 2.77. The molecule has 5 nitrogen and oxygen atoms in total. The van der Waals surface area contributed by atoms with E-state index in [1.54, 1.807) is 0 Å². The van der Waals surface area contributed by atoms with E-state index in [4.69, 9.17) is 18.9 Å². The highest BCUT2D eigenvalue weighted by Gasteiger charge is 2.42. The summed E-state index contributed by atoms with van der Waals surface area (Å²) in [6.07, 6.45) is 1.68. The van der Waals surface area contributed by atoms with Crippen molar-refractivity contribution >= 4 is 0 Å². The second-order valence-corrected chi connectivity index (χ2v) is 8.04. The van der Waals surface area contributed by atoms with E-state index in [1.165, 1.54) is 0 Å². The van der Waals surface area contributed by atoms with Crippen molar-refractivity contribution in [2.24, 2.45) is 0 Å². The molecule has 0 N–H and O–H groups in total. The molecule has 1 heterocycles. The summed E-state index contributed by atoms with van der Waals surface area (Å²) in [7, 11) is 4.15. The molecule has 138 valence electrons. The molecule has 1 aliphatic heterocycles. The number of rotatable bonds is 9. The van der Waals surface area contributed by atoms with Gasteiger partial charge in [-0.25, -0.2) is 0 Å². The minimum Gasteiger partial charge on any atom is -0.373 e. The zero-order valence-electron chi connectivity index (χ0n) is 16.3. The second kappa shape index (κ2) is 8.77. The Labute approximate surface area is 142 Å². The predicted molar refractivity (Wildman–Crippen MR) is 92.7 cm³/mol. The van der Waals surface area contributed by atoms with Gasteiger partial charge in [0.25, 0.3) is 0 Å². The highest BCUT2D eigenvalue weighted by atomic mass is 16.8. The third-order valence-corrected chi connectivity index (χ3v) is 3.73. The molecule has 0 spiro atoms. The molecule has 0 radical (unpaired) electrons. The molecule has 0 saturated carbocycles. The van der Waals surface area contributed by atoms with Crippen LogP contribution in [0.25, 0.3) is 0 Å². The van der Waals surface area contributed by atoms with Gasteiger partial charge in [0.1, 0.15) is 12.2 Å². The lowest BCUT2D eigenvalue weighted by Gasteiger charge is -2.35. The summed E-state index contributed by atoms with van der Waals surface area (Å²) in [6, 6.07) is 0. The van der Waals surface area contributed by atoms with Crippen LogP contribution in [0.15, 0.2) is 0 Å². The Morgan fingerprint density at radius 2 is 1.91 bits per heavy atom. The summed E-state index contributed by atoms with van der Waals surface area (Å²) in [6.45, 7) is 14.5. The Morgan fingerprint density at radius 1 is 1.26 bits per heavy atom. The lowest BCUT2D eigenvalue weighted by molar-refractivity contribution is -0.190. The van der Waals surface area contributed by atoms with Crippen LogP contribution in [0.1, 0.15) is 54.4 Å². The van der Waals surface area contributed by atoms with Crippen LogP contribution in [-0.4, -0.2) is 68.5 Å². The monoisotopic (exact) mass is 331 g/mol. The smallest absolute Gasteiger partial charge is 0.163 e. The molecule has 1 rings (SSSR count). The van der Waals surface area contributed by atoms with Crippen molar-refractivity contribution in [1.29, 1.82) is 0 Å². The van der Waals surface area contributed by atoms with E-state index >= 15 is 0 Å². The number of hydrogen-bond donors (Lipinski definition) is 0. The maximum atomic E-state index is 6.24. The van der Waals surface area contributed by atoms with E-state index in [9.17, 15) is 0 Å². The standard InChI is InChI=1S/C18H37NO4/c1-9-14(22-17(2,3)4)16(20-12-10-11-19(7)8)15-13-21-18(5,6)23-15/h14-16H,9-13H2,1-8H3. The van der Waals surface area contributed by atoms with Gasteiger partial charge >= 0.3 is 0 Å². The van der Waals surface area contributed by atoms with Gasteiger partial charge in [0.2, 0.25) is 0 Å². The Balaban J connectivity index is 2.70. The summed E-state index contributed by atoms with van der Waals surface area (Å²) in [5.74, 6) is -0.546. The highest BCUT2D eigenvalue weighted by molar-refractivity contribution is 4.85. The third-order valence-electron chi connectivity index (χ3n) is 3.73. The van der Waals surface area contributed by atoms with Gasteiger partial charge in [-0.2, -0.15) is 0 Å². The molecule has 3 atom stereocenters. The van der Waals surface area contributed by atoms with Crippen LogP contribution in [-0.2, 0) is 18.9 Å². The first-order valence-electron chi connectivity index (χ1n) is 8.80. The molecule has 0 amide bonds. The van der Waals surface area contributed by atoms with Crippen LogP contribution in [0, 0.1) is 0 Å². The van der Waals surface area contributed by atoms with Crippen molar-refractivity contribution in [2.45, 2.75) is 84.1 Å². The zero-order valence-corrected chi connectivity index (χ0v) is 16.3. The zero-order chi connectivity index (χ0) is 17.7. The molecule has 0 aliphatic carbocycles. The lowest BCUT2D eigenvalue weighted by atomic mass is 10.0. The first-order chi connectivity index (χ1) is 10.5. The van der Waals surface area contributed by atoms with E-state index in [0.717, 1.165) is 19.4 Å². The van der Waals surface area contributed by atoms with Crippen molar-refractivity contribution in [2.75, 3.05) is 33.9 Å². The maximum Gasteiger partial charge on any atom is 0.163 e. The van der Waals surface area contributed by atoms with E-state index in [2.05, 4.69) is 46.7 Å². The molecule has 0 aromatic carbocycles. The Morgan fingerprint density at radius 3 is 2.35 bits per heavy atom. The molecule has 0 bridgehead atoms. The van der Waals surface area contributed by atoms with Gasteiger partial charge in [-0.1, -0.05) is 6.92 Å². The van der Waals surface area contributed by atoms with Crippen LogP contribution in [0.3, 0.4) is 0 Å². The van der Waals surface area contributed by atoms with Crippen LogP contribution < -0.4 is 0 Å². The summed E-state index contributed by atoms with van der Waals surface area (Å²) >= 11 is 0. The Bertz CT molecular complexity index is 338. The van der Waals surface area contributed by atoms with Gasteiger partial charge in [0.15, 0.2) is 5.79 Å². The maximum absolute atomic E-state index is 6.24. The largest absolute Gasteiger partial charge is 0.373 e. The van der Waals surface area contributed by atoms with E-state index in [1.807, 2.05) is 13.8 Å². The van der Waals surface area contributed by atoms with Gasteiger partial charge in [-0.05, 0) is 68.1 Å². The fourth-order valence-electron chi connectivity index (χ4n) is 2.77. The normalized spacial score (nSPS) is 24.1. The molecule has 3 unspecified atom stereocenters. The molecule has 1 saturated heterocycles. The lowest BCUT2D eigenvalue weighted by Crippen LogP contribution is -2.46. The van der Waals surface area contributed by atoms with Crippen molar-refractivity contribution in [3.05, 3.63) is 0 Å². The van der Waals surface area contributed by atoms with Crippen LogP contribution in [0.5, 0.6) is 0 Å². The van der Waals surface area contributed by atoms with Gasteiger partial charge in [0, 0.05) is 6.61 Å². The Hall–Kier alpha value is -0.200. The fraction of sp³-hybridized carbons (Fsp3) is 1.00. The van der Waals surface area contributed by atoms with Crippen LogP contribution in [0.2, 0.25) is 0 Å². The van der Waals surface area contributed by atoms with E-state index < -0.39 is 5.79 Å². The van der Waals surface area contributed by atoms with Crippen molar-refractivity contribution in [1.82, 2.24) is 4.90 Å². The average molecular weight is 331 g/mol. The summed E-state index contributed by atoms with van der Waals surface area (Å²) in [5, 5.41) is 0. The van der Waals surface area contributed by atoms with Gasteiger partial charge in [-0.15, -0.1) is 0 Å². The number of nitrogens with zero attached hydrogens (tertiary/aromatic N) is 1. The number of ether oxygens (including phenoxy) is 4. The predicted octanol–water partition coefficient (Wildman–Crippen LogP) is 3.07. The molecular formula is C18H37NO4. The van der Waals surface area contributed by atoms with Crippen LogP contribution in [0.4, 0.5) is 0 Å². The first-order valence-corrected chi connectivity index (χ1v) is 8.80. The summed E-state index contributed by atoms with van der Waals surface area (Å²) in [5.41, 5.74) is -0.207. The summed E-state index contributed by atoms with van der Waals surface area (Å²) in [4.78, 5) is 2.17.